The molecule has 0 fully saturated rings. The highest BCUT2D eigenvalue weighted by atomic mass is 19.1. The lowest BCUT2D eigenvalue weighted by Crippen LogP contribution is -2.06. The Kier molecular flexibility index (Phi) is 10.0. The second kappa shape index (κ2) is 11.8. The predicted octanol–water partition coefficient (Wildman–Crippen LogP) is 5.96. The maximum absolute atomic E-state index is 13.5. The molecule has 3 nitrogen and oxygen atoms in total. The summed E-state index contributed by atoms with van der Waals surface area (Å²) in [6, 6.07) is 1.84. The fourth-order valence-electron chi connectivity index (χ4n) is 2.62. The maximum atomic E-state index is 13.5. The number of rotatable bonds is 13. The molecule has 0 bridgehead atoms. The van der Waals surface area contributed by atoms with Crippen LogP contribution in [0.4, 0.5) is 8.78 Å². The number of unbranched alkanes of at least 4 members (excludes halogenated alkanes) is 9. The Bertz CT molecular complexity index is 480. The number of carboxylic acid groups (broad SMARTS) is 1. The molecule has 1 aromatic carbocycles. The van der Waals surface area contributed by atoms with Crippen LogP contribution in [0.2, 0.25) is 0 Å². The van der Waals surface area contributed by atoms with Gasteiger partial charge in [-0.15, -0.1) is 0 Å². The van der Waals surface area contributed by atoms with Crippen molar-refractivity contribution in [2.45, 2.75) is 71.1 Å². The van der Waals surface area contributed by atoms with Crippen LogP contribution < -0.4 is 4.74 Å². The molecular weight excluding hydrogens is 314 g/mol. The summed E-state index contributed by atoms with van der Waals surface area (Å²) in [5, 5.41) is 8.69. The van der Waals surface area contributed by atoms with E-state index < -0.39 is 23.2 Å². The van der Waals surface area contributed by atoms with Crippen molar-refractivity contribution in [2.24, 2.45) is 0 Å². The average molecular weight is 342 g/mol. The monoisotopic (exact) mass is 342 g/mol. The largest absolute Gasteiger partial charge is 0.493 e. The number of carboxylic acids is 1. The second-order valence-electron chi connectivity index (χ2n) is 6.10. The molecule has 0 atom stereocenters. The van der Waals surface area contributed by atoms with Crippen molar-refractivity contribution in [1.29, 1.82) is 0 Å². The highest BCUT2D eigenvalue weighted by Crippen LogP contribution is 2.21. The molecule has 0 aliphatic heterocycles. The molecule has 0 amide bonds. The third-order valence-corrected chi connectivity index (χ3v) is 4.00. The van der Waals surface area contributed by atoms with E-state index >= 15 is 0 Å². The Balaban J connectivity index is 2.12. The van der Waals surface area contributed by atoms with Gasteiger partial charge in [0, 0.05) is 12.1 Å². The number of benzene rings is 1. The molecule has 1 N–H and O–H groups in total. The van der Waals surface area contributed by atoms with E-state index in [1.807, 2.05) is 0 Å². The van der Waals surface area contributed by atoms with Crippen molar-refractivity contribution < 1.29 is 23.4 Å². The van der Waals surface area contributed by atoms with Crippen LogP contribution in [0.25, 0.3) is 0 Å². The van der Waals surface area contributed by atoms with Crippen LogP contribution in [0.1, 0.15) is 81.5 Å². The molecule has 0 radical (unpaired) electrons. The van der Waals surface area contributed by atoms with Gasteiger partial charge < -0.3 is 9.84 Å². The number of hydrogen-bond donors (Lipinski definition) is 1. The first-order chi connectivity index (χ1) is 11.6. The van der Waals surface area contributed by atoms with Gasteiger partial charge in [-0.05, 0) is 6.42 Å². The minimum Gasteiger partial charge on any atom is -0.493 e. The molecule has 0 aliphatic rings. The van der Waals surface area contributed by atoms with E-state index in [1.54, 1.807) is 0 Å². The first-order valence-corrected chi connectivity index (χ1v) is 8.91. The minimum atomic E-state index is -1.62. The zero-order chi connectivity index (χ0) is 17.8. The predicted molar refractivity (Wildman–Crippen MR) is 90.7 cm³/mol. The normalized spacial score (nSPS) is 10.8. The topological polar surface area (TPSA) is 46.5 Å². The summed E-state index contributed by atoms with van der Waals surface area (Å²) in [6.07, 6.45) is 12.0. The Morgan fingerprint density at radius 1 is 0.917 bits per heavy atom. The molecule has 0 heterocycles. The molecule has 0 unspecified atom stereocenters. The van der Waals surface area contributed by atoms with Gasteiger partial charge in [0.2, 0.25) is 0 Å². The van der Waals surface area contributed by atoms with Gasteiger partial charge in [0.25, 0.3) is 0 Å². The summed E-state index contributed by atoms with van der Waals surface area (Å²) >= 11 is 0. The minimum absolute atomic E-state index is 0.0333. The molecule has 0 aromatic heterocycles. The summed E-state index contributed by atoms with van der Waals surface area (Å²) in [6.45, 7) is 2.59. The molecule has 0 saturated heterocycles. The molecule has 0 aliphatic carbocycles. The van der Waals surface area contributed by atoms with E-state index in [4.69, 9.17) is 9.84 Å². The summed E-state index contributed by atoms with van der Waals surface area (Å²) in [7, 11) is 0. The van der Waals surface area contributed by atoms with E-state index in [-0.39, 0.29) is 5.75 Å². The van der Waals surface area contributed by atoms with Crippen LogP contribution in [0.5, 0.6) is 5.75 Å². The van der Waals surface area contributed by atoms with Gasteiger partial charge in [0.05, 0.1) is 6.61 Å². The van der Waals surface area contributed by atoms with Gasteiger partial charge in [-0.1, -0.05) is 64.7 Å². The summed E-state index contributed by atoms with van der Waals surface area (Å²) in [5.74, 6) is -3.81. The number of halogens is 2. The lowest BCUT2D eigenvalue weighted by Gasteiger charge is -2.08. The van der Waals surface area contributed by atoms with Crippen molar-refractivity contribution in [1.82, 2.24) is 0 Å². The molecule has 1 rings (SSSR count). The molecular formula is C19H28F2O3. The number of aromatic carboxylic acids is 1. The zero-order valence-electron chi connectivity index (χ0n) is 14.5. The van der Waals surface area contributed by atoms with Gasteiger partial charge in [-0.2, -0.15) is 0 Å². The average Bonchev–Trinajstić information content (AvgIpc) is 2.51. The van der Waals surface area contributed by atoms with Crippen LogP contribution in [0.3, 0.4) is 0 Å². The summed E-state index contributed by atoms with van der Waals surface area (Å²) in [4.78, 5) is 10.7. The quantitative estimate of drug-likeness (QED) is 0.450. The number of carbonyl (C=O) groups is 1. The van der Waals surface area contributed by atoms with Crippen LogP contribution in [0.15, 0.2) is 12.1 Å². The molecule has 0 saturated carbocycles. The van der Waals surface area contributed by atoms with E-state index in [2.05, 4.69) is 6.92 Å². The van der Waals surface area contributed by atoms with Crippen LogP contribution >= 0.6 is 0 Å². The van der Waals surface area contributed by atoms with Crippen LogP contribution in [-0.2, 0) is 0 Å². The molecule has 5 heteroatoms. The lowest BCUT2D eigenvalue weighted by atomic mass is 10.1. The van der Waals surface area contributed by atoms with Gasteiger partial charge in [0.1, 0.15) is 22.9 Å². The molecule has 24 heavy (non-hydrogen) atoms. The highest BCUT2D eigenvalue weighted by Gasteiger charge is 2.18. The Morgan fingerprint density at radius 3 is 1.83 bits per heavy atom. The van der Waals surface area contributed by atoms with Crippen molar-refractivity contribution in [3.8, 4) is 5.75 Å². The fourth-order valence-corrected chi connectivity index (χ4v) is 2.62. The maximum Gasteiger partial charge on any atom is 0.341 e. The van der Waals surface area contributed by atoms with Crippen LogP contribution in [0, 0.1) is 11.6 Å². The van der Waals surface area contributed by atoms with Gasteiger partial charge in [-0.25, -0.2) is 13.6 Å². The number of hydrogen-bond acceptors (Lipinski definition) is 2. The fraction of sp³-hybridized carbons (Fsp3) is 0.632. The lowest BCUT2D eigenvalue weighted by molar-refractivity contribution is 0.0686. The Hall–Kier alpha value is -1.65. The SMILES string of the molecule is CCCCCCCCCCCCOc1cc(F)c(C(=O)O)c(F)c1. The second-order valence-corrected chi connectivity index (χ2v) is 6.10. The Labute approximate surface area is 143 Å². The smallest absolute Gasteiger partial charge is 0.341 e. The zero-order valence-corrected chi connectivity index (χ0v) is 14.5. The van der Waals surface area contributed by atoms with Crippen molar-refractivity contribution in [3.63, 3.8) is 0 Å². The summed E-state index contributed by atoms with van der Waals surface area (Å²) in [5.41, 5.74) is -0.943. The molecule has 1 aromatic rings. The third kappa shape index (κ3) is 7.75. The van der Waals surface area contributed by atoms with Gasteiger partial charge >= 0.3 is 5.97 Å². The van der Waals surface area contributed by atoms with Crippen LogP contribution in [-0.4, -0.2) is 17.7 Å². The Morgan fingerprint density at radius 2 is 1.38 bits per heavy atom. The van der Waals surface area contributed by atoms with E-state index in [0.717, 1.165) is 31.4 Å². The van der Waals surface area contributed by atoms with E-state index in [0.29, 0.717) is 6.61 Å². The number of ether oxygens (including phenoxy) is 1. The van der Waals surface area contributed by atoms with Gasteiger partial charge in [0.15, 0.2) is 0 Å². The van der Waals surface area contributed by atoms with E-state index in [9.17, 15) is 13.6 Å². The molecule has 0 spiro atoms. The van der Waals surface area contributed by atoms with Crippen molar-refractivity contribution in [2.75, 3.05) is 6.61 Å². The first kappa shape index (κ1) is 20.4. The van der Waals surface area contributed by atoms with Crippen molar-refractivity contribution in [3.05, 3.63) is 29.3 Å². The highest BCUT2D eigenvalue weighted by molar-refractivity contribution is 5.88. The van der Waals surface area contributed by atoms with E-state index in [1.165, 1.54) is 44.9 Å². The summed E-state index contributed by atoms with van der Waals surface area (Å²) < 4.78 is 32.3. The van der Waals surface area contributed by atoms with Crippen molar-refractivity contribution >= 4 is 5.97 Å². The third-order valence-electron chi connectivity index (χ3n) is 4.00. The molecule has 136 valence electrons. The van der Waals surface area contributed by atoms with Gasteiger partial charge in [-0.3, -0.25) is 0 Å². The standard InChI is InChI=1S/C19H28F2O3/c1-2-3-4-5-6-7-8-9-10-11-12-24-15-13-16(20)18(19(22)23)17(21)14-15/h13-14H,2-12H2,1H3,(H,22,23). The first-order valence-electron chi connectivity index (χ1n) is 8.91.